The first-order valence-electron chi connectivity index (χ1n) is 7.08. The fourth-order valence-corrected chi connectivity index (χ4v) is 2.44. The highest BCUT2D eigenvalue weighted by atomic mass is 35.5. The molecule has 20 heavy (non-hydrogen) atoms. The third-order valence-corrected chi connectivity index (χ3v) is 4.04. The van der Waals surface area contributed by atoms with Gasteiger partial charge in [0, 0.05) is 36.0 Å². The first-order valence-corrected chi connectivity index (χ1v) is 7.46. The summed E-state index contributed by atoms with van der Waals surface area (Å²) in [5.41, 5.74) is 2.32. The summed E-state index contributed by atoms with van der Waals surface area (Å²) in [6.07, 6.45) is 3.02. The molecule has 0 aliphatic carbocycles. The zero-order chi connectivity index (χ0) is 14.5. The number of benzene rings is 1. The number of nitrogens with one attached hydrogen (secondary N) is 1. The Morgan fingerprint density at radius 3 is 2.65 bits per heavy atom. The van der Waals surface area contributed by atoms with Gasteiger partial charge in [0.05, 0.1) is 0 Å². The van der Waals surface area contributed by atoms with Crippen molar-refractivity contribution < 1.29 is 0 Å². The van der Waals surface area contributed by atoms with Crippen LogP contribution in [-0.4, -0.2) is 20.9 Å². The van der Waals surface area contributed by atoms with E-state index < -0.39 is 0 Å². The van der Waals surface area contributed by atoms with Gasteiger partial charge < -0.3 is 4.98 Å². The molecule has 0 unspecified atom stereocenters. The SMILES string of the molecule is CC[C@H](C)N(Cc1cnc(C)[nH]1)Cc1ccccc1Cl. The number of imidazole rings is 1. The van der Waals surface area contributed by atoms with Gasteiger partial charge in [-0.1, -0.05) is 36.7 Å². The predicted octanol–water partition coefficient (Wildman–Crippen LogP) is 4.17. The largest absolute Gasteiger partial charge is 0.345 e. The Hall–Kier alpha value is -1.32. The standard InChI is InChI=1S/C16H22ClN3/c1-4-12(2)20(11-15-9-18-13(3)19-15)10-14-7-5-6-8-16(14)17/h5-9,12H,4,10-11H2,1-3H3,(H,18,19)/t12-/m0/s1. The summed E-state index contributed by atoms with van der Waals surface area (Å²) >= 11 is 6.28. The summed E-state index contributed by atoms with van der Waals surface area (Å²) in [6, 6.07) is 8.55. The molecule has 4 heteroatoms. The second-order valence-electron chi connectivity index (χ2n) is 5.25. The molecule has 0 amide bonds. The van der Waals surface area contributed by atoms with E-state index >= 15 is 0 Å². The monoisotopic (exact) mass is 291 g/mol. The molecule has 1 aromatic carbocycles. The van der Waals surface area contributed by atoms with Gasteiger partial charge in [-0.3, -0.25) is 4.90 Å². The van der Waals surface area contributed by atoms with Crippen LogP contribution in [0.4, 0.5) is 0 Å². The number of H-pyrrole nitrogens is 1. The number of nitrogens with zero attached hydrogens (tertiary/aromatic N) is 2. The number of hydrogen-bond acceptors (Lipinski definition) is 2. The van der Waals surface area contributed by atoms with E-state index in [1.165, 1.54) is 5.56 Å². The topological polar surface area (TPSA) is 31.9 Å². The molecule has 0 aliphatic rings. The molecular formula is C16H22ClN3. The van der Waals surface area contributed by atoms with Crippen LogP contribution in [0, 0.1) is 6.92 Å². The summed E-state index contributed by atoms with van der Waals surface area (Å²) in [6.45, 7) is 8.15. The average molecular weight is 292 g/mol. The Balaban J connectivity index is 2.13. The maximum Gasteiger partial charge on any atom is 0.103 e. The fraction of sp³-hybridized carbons (Fsp3) is 0.438. The van der Waals surface area contributed by atoms with Crippen LogP contribution >= 0.6 is 11.6 Å². The molecule has 0 fully saturated rings. The molecule has 0 aliphatic heterocycles. The van der Waals surface area contributed by atoms with E-state index in [1.54, 1.807) is 0 Å². The normalized spacial score (nSPS) is 12.8. The zero-order valence-electron chi connectivity index (χ0n) is 12.4. The fourth-order valence-electron chi connectivity index (χ4n) is 2.24. The van der Waals surface area contributed by atoms with Crippen LogP contribution in [0.2, 0.25) is 5.02 Å². The molecule has 1 heterocycles. The summed E-state index contributed by atoms with van der Waals surface area (Å²) in [7, 11) is 0. The summed E-state index contributed by atoms with van der Waals surface area (Å²) in [5.74, 6) is 0.960. The van der Waals surface area contributed by atoms with Crippen LogP contribution < -0.4 is 0 Å². The second kappa shape index (κ2) is 6.91. The quantitative estimate of drug-likeness (QED) is 0.866. The maximum absolute atomic E-state index is 6.28. The highest BCUT2D eigenvalue weighted by molar-refractivity contribution is 6.31. The molecule has 0 radical (unpaired) electrons. The van der Waals surface area contributed by atoms with Crippen molar-refractivity contribution in [1.82, 2.24) is 14.9 Å². The van der Waals surface area contributed by atoms with Crippen molar-refractivity contribution in [2.24, 2.45) is 0 Å². The minimum Gasteiger partial charge on any atom is -0.345 e. The molecule has 2 rings (SSSR count). The van der Waals surface area contributed by atoms with E-state index in [0.29, 0.717) is 6.04 Å². The average Bonchev–Trinajstić information content (AvgIpc) is 2.85. The number of halogens is 1. The predicted molar refractivity (Wildman–Crippen MR) is 83.8 cm³/mol. The zero-order valence-corrected chi connectivity index (χ0v) is 13.1. The molecule has 0 spiro atoms. The smallest absolute Gasteiger partial charge is 0.103 e. The molecule has 108 valence electrons. The maximum atomic E-state index is 6.28. The third kappa shape index (κ3) is 3.84. The van der Waals surface area contributed by atoms with Crippen LogP contribution in [-0.2, 0) is 13.1 Å². The van der Waals surface area contributed by atoms with Gasteiger partial charge in [-0.2, -0.15) is 0 Å². The first-order chi connectivity index (χ1) is 9.60. The number of hydrogen-bond donors (Lipinski definition) is 1. The number of aromatic nitrogens is 2. The van der Waals surface area contributed by atoms with Gasteiger partial charge in [-0.15, -0.1) is 0 Å². The molecule has 0 saturated heterocycles. The van der Waals surface area contributed by atoms with Gasteiger partial charge in [-0.05, 0) is 31.9 Å². The third-order valence-electron chi connectivity index (χ3n) is 3.67. The Kier molecular flexibility index (Phi) is 5.21. The highest BCUT2D eigenvalue weighted by Gasteiger charge is 2.15. The van der Waals surface area contributed by atoms with Crippen molar-refractivity contribution in [2.75, 3.05) is 0 Å². The molecule has 1 aromatic heterocycles. The van der Waals surface area contributed by atoms with Crippen molar-refractivity contribution in [3.8, 4) is 0 Å². The van der Waals surface area contributed by atoms with Gasteiger partial charge in [0.15, 0.2) is 0 Å². The van der Waals surface area contributed by atoms with Crippen LogP contribution in [0.1, 0.15) is 37.4 Å². The Labute approximate surface area is 126 Å². The molecule has 1 atom stereocenters. The first kappa shape index (κ1) is 15.1. The molecule has 3 nitrogen and oxygen atoms in total. The Morgan fingerprint density at radius 1 is 1.30 bits per heavy atom. The van der Waals surface area contributed by atoms with Crippen LogP contribution in [0.3, 0.4) is 0 Å². The van der Waals surface area contributed by atoms with E-state index in [0.717, 1.165) is 36.1 Å². The molecule has 1 N–H and O–H groups in total. The highest BCUT2D eigenvalue weighted by Crippen LogP contribution is 2.20. The lowest BCUT2D eigenvalue weighted by Crippen LogP contribution is -2.31. The number of aryl methyl sites for hydroxylation is 1. The summed E-state index contributed by atoms with van der Waals surface area (Å²) < 4.78 is 0. The van der Waals surface area contributed by atoms with Gasteiger partial charge >= 0.3 is 0 Å². The number of rotatable bonds is 6. The van der Waals surface area contributed by atoms with Crippen LogP contribution in [0.15, 0.2) is 30.5 Å². The van der Waals surface area contributed by atoms with Gasteiger partial charge in [0.1, 0.15) is 5.82 Å². The summed E-state index contributed by atoms with van der Waals surface area (Å²) in [4.78, 5) is 10.00. The molecule has 0 saturated carbocycles. The van der Waals surface area contributed by atoms with Crippen molar-refractivity contribution >= 4 is 11.6 Å². The van der Waals surface area contributed by atoms with E-state index in [-0.39, 0.29) is 0 Å². The lowest BCUT2D eigenvalue weighted by atomic mass is 10.1. The Bertz CT molecular complexity index is 550. The van der Waals surface area contributed by atoms with E-state index in [1.807, 2.05) is 31.3 Å². The van der Waals surface area contributed by atoms with Gasteiger partial charge in [0.2, 0.25) is 0 Å². The van der Waals surface area contributed by atoms with E-state index in [2.05, 4.69) is 34.8 Å². The van der Waals surface area contributed by atoms with Gasteiger partial charge in [-0.25, -0.2) is 4.98 Å². The van der Waals surface area contributed by atoms with Crippen molar-refractivity contribution in [1.29, 1.82) is 0 Å². The van der Waals surface area contributed by atoms with Crippen LogP contribution in [0.25, 0.3) is 0 Å². The lowest BCUT2D eigenvalue weighted by Gasteiger charge is -2.28. The van der Waals surface area contributed by atoms with Crippen molar-refractivity contribution in [2.45, 2.75) is 46.3 Å². The minimum atomic E-state index is 0.495. The molecule has 0 bridgehead atoms. The summed E-state index contributed by atoms with van der Waals surface area (Å²) in [5, 5.41) is 0.835. The molecular weight excluding hydrogens is 270 g/mol. The van der Waals surface area contributed by atoms with Crippen molar-refractivity contribution in [3.63, 3.8) is 0 Å². The molecule has 2 aromatic rings. The lowest BCUT2D eigenvalue weighted by molar-refractivity contribution is 0.184. The van der Waals surface area contributed by atoms with E-state index in [9.17, 15) is 0 Å². The number of aromatic amines is 1. The van der Waals surface area contributed by atoms with Gasteiger partial charge in [0.25, 0.3) is 0 Å². The Morgan fingerprint density at radius 2 is 2.05 bits per heavy atom. The van der Waals surface area contributed by atoms with E-state index in [4.69, 9.17) is 11.6 Å². The minimum absolute atomic E-state index is 0.495. The van der Waals surface area contributed by atoms with Crippen LogP contribution in [0.5, 0.6) is 0 Å². The second-order valence-corrected chi connectivity index (χ2v) is 5.65. The van der Waals surface area contributed by atoms with Crippen molar-refractivity contribution in [3.05, 3.63) is 52.6 Å².